The standard InChI is InChI=1S/C9H10F2N4/c10-9(11)7(12)3-6-4-13-8-1-2-14-15(8)5-6/h1-2,4-5,7,9H,3,12H2. The maximum atomic E-state index is 12.2. The van der Waals surface area contributed by atoms with Gasteiger partial charge in [-0.05, 0) is 12.0 Å². The fourth-order valence-corrected chi connectivity index (χ4v) is 1.32. The molecule has 0 aliphatic carbocycles. The molecule has 0 aliphatic heterocycles. The first kappa shape index (κ1) is 9.97. The van der Waals surface area contributed by atoms with Gasteiger partial charge in [-0.15, -0.1) is 0 Å². The molecule has 0 aromatic carbocycles. The normalized spacial score (nSPS) is 13.6. The first-order chi connectivity index (χ1) is 7.16. The molecular weight excluding hydrogens is 202 g/mol. The van der Waals surface area contributed by atoms with Crippen LogP contribution in [0.5, 0.6) is 0 Å². The highest BCUT2D eigenvalue weighted by atomic mass is 19.3. The molecule has 6 heteroatoms. The van der Waals surface area contributed by atoms with Crippen molar-refractivity contribution in [2.45, 2.75) is 18.9 Å². The summed E-state index contributed by atoms with van der Waals surface area (Å²) >= 11 is 0. The minimum Gasteiger partial charge on any atom is -0.323 e. The molecule has 1 unspecified atom stereocenters. The highest BCUT2D eigenvalue weighted by molar-refractivity contribution is 5.35. The quantitative estimate of drug-likeness (QED) is 0.821. The Balaban J connectivity index is 2.21. The predicted octanol–water partition coefficient (Wildman–Crippen LogP) is 0.864. The van der Waals surface area contributed by atoms with E-state index in [1.165, 1.54) is 4.52 Å². The van der Waals surface area contributed by atoms with Crippen LogP contribution in [-0.4, -0.2) is 27.1 Å². The van der Waals surface area contributed by atoms with Crippen molar-refractivity contribution in [3.8, 4) is 0 Å². The van der Waals surface area contributed by atoms with E-state index in [4.69, 9.17) is 5.73 Å². The molecule has 2 N–H and O–H groups in total. The fourth-order valence-electron chi connectivity index (χ4n) is 1.32. The van der Waals surface area contributed by atoms with Gasteiger partial charge in [0.15, 0.2) is 5.65 Å². The number of hydrogen-bond acceptors (Lipinski definition) is 3. The zero-order valence-corrected chi connectivity index (χ0v) is 7.85. The summed E-state index contributed by atoms with van der Waals surface area (Å²) in [7, 11) is 0. The SMILES string of the molecule is NC(Cc1cnc2ccnn2c1)C(F)F. The third-order valence-electron chi connectivity index (χ3n) is 2.10. The largest absolute Gasteiger partial charge is 0.323 e. The average molecular weight is 212 g/mol. The van der Waals surface area contributed by atoms with Crippen LogP contribution in [0.25, 0.3) is 5.65 Å². The van der Waals surface area contributed by atoms with Gasteiger partial charge in [-0.1, -0.05) is 0 Å². The number of fused-ring (bicyclic) bond motifs is 1. The van der Waals surface area contributed by atoms with E-state index in [-0.39, 0.29) is 6.42 Å². The topological polar surface area (TPSA) is 56.2 Å². The van der Waals surface area contributed by atoms with E-state index in [2.05, 4.69) is 10.1 Å². The van der Waals surface area contributed by atoms with Gasteiger partial charge in [-0.25, -0.2) is 18.3 Å². The van der Waals surface area contributed by atoms with E-state index in [0.29, 0.717) is 11.2 Å². The van der Waals surface area contributed by atoms with E-state index >= 15 is 0 Å². The van der Waals surface area contributed by atoms with Crippen molar-refractivity contribution in [3.05, 3.63) is 30.2 Å². The zero-order chi connectivity index (χ0) is 10.8. The van der Waals surface area contributed by atoms with Gasteiger partial charge in [0, 0.05) is 18.5 Å². The van der Waals surface area contributed by atoms with Crippen molar-refractivity contribution < 1.29 is 8.78 Å². The lowest BCUT2D eigenvalue weighted by atomic mass is 10.1. The van der Waals surface area contributed by atoms with E-state index in [0.717, 1.165) is 0 Å². The molecule has 80 valence electrons. The lowest BCUT2D eigenvalue weighted by molar-refractivity contribution is 0.116. The van der Waals surface area contributed by atoms with Gasteiger partial charge in [-0.3, -0.25) is 0 Å². The van der Waals surface area contributed by atoms with E-state index < -0.39 is 12.5 Å². The summed E-state index contributed by atoms with van der Waals surface area (Å²) in [6.07, 6.45) is 2.38. The Kier molecular flexibility index (Phi) is 2.59. The molecular formula is C9H10F2N4. The monoisotopic (exact) mass is 212 g/mol. The van der Waals surface area contributed by atoms with Crippen LogP contribution in [0.4, 0.5) is 8.78 Å². The second-order valence-corrected chi connectivity index (χ2v) is 3.30. The number of nitrogens with zero attached hydrogens (tertiary/aromatic N) is 3. The average Bonchev–Trinajstić information content (AvgIpc) is 2.64. The molecule has 2 aromatic heterocycles. The van der Waals surface area contributed by atoms with Gasteiger partial charge in [0.25, 0.3) is 6.43 Å². The highest BCUT2D eigenvalue weighted by Crippen LogP contribution is 2.07. The Morgan fingerprint density at radius 2 is 2.27 bits per heavy atom. The van der Waals surface area contributed by atoms with Crippen LogP contribution in [0.15, 0.2) is 24.7 Å². The molecule has 0 radical (unpaired) electrons. The van der Waals surface area contributed by atoms with Crippen molar-refractivity contribution in [1.82, 2.24) is 14.6 Å². The molecule has 2 aromatic rings. The summed E-state index contributed by atoms with van der Waals surface area (Å²) < 4.78 is 25.9. The van der Waals surface area contributed by atoms with Gasteiger partial charge in [0.1, 0.15) is 0 Å². The Morgan fingerprint density at radius 1 is 1.47 bits per heavy atom. The molecule has 2 heterocycles. The Hall–Kier alpha value is -1.56. The molecule has 0 fully saturated rings. The lowest BCUT2D eigenvalue weighted by Crippen LogP contribution is -2.31. The van der Waals surface area contributed by atoms with Crippen molar-refractivity contribution in [3.63, 3.8) is 0 Å². The van der Waals surface area contributed by atoms with Gasteiger partial charge in [0.2, 0.25) is 0 Å². The molecule has 0 saturated carbocycles. The predicted molar refractivity (Wildman–Crippen MR) is 50.7 cm³/mol. The Bertz CT molecular complexity index is 454. The lowest BCUT2D eigenvalue weighted by Gasteiger charge is -2.09. The summed E-state index contributed by atoms with van der Waals surface area (Å²) in [5.74, 6) is 0. The first-order valence-corrected chi connectivity index (χ1v) is 4.49. The van der Waals surface area contributed by atoms with Gasteiger partial charge in [-0.2, -0.15) is 5.10 Å². The second-order valence-electron chi connectivity index (χ2n) is 3.30. The van der Waals surface area contributed by atoms with Crippen LogP contribution in [-0.2, 0) is 6.42 Å². The number of aromatic nitrogens is 3. The van der Waals surface area contributed by atoms with Crippen LogP contribution in [0, 0.1) is 0 Å². The highest BCUT2D eigenvalue weighted by Gasteiger charge is 2.15. The maximum absolute atomic E-state index is 12.2. The van der Waals surface area contributed by atoms with Gasteiger partial charge < -0.3 is 5.73 Å². The molecule has 0 saturated heterocycles. The molecule has 15 heavy (non-hydrogen) atoms. The maximum Gasteiger partial charge on any atom is 0.253 e. The second kappa shape index (κ2) is 3.90. The van der Waals surface area contributed by atoms with Crippen molar-refractivity contribution in [2.24, 2.45) is 5.73 Å². The first-order valence-electron chi connectivity index (χ1n) is 4.49. The van der Waals surface area contributed by atoms with E-state index in [1.807, 2.05) is 0 Å². The molecule has 0 spiro atoms. The zero-order valence-electron chi connectivity index (χ0n) is 7.85. The van der Waals surface area contributed by atoms with Crippen molar-refractivity contribution >= 4 is 5.65 Å². The number of halogens is 2. The van der Waals surface area contributed by atoms with Crippen molar-refractivity contribution in [2.75, 3.05) is 0 Å². The summed E-state index contributed by atoms with van der Waals surface area (Å²) in [5.41, 5.74) is 6.60. The third kappa shape index (κ3) is 2.10. The van der Waals surface area contributed by atoms with Crippen LogP contribution in [0.2, 0.25) is 0 Å². The fraction of sp³-hybridized carbons (Fsp3) is 0.333. The van der Waals surface area contributed by atoms with E-state index in [9.17, 15) is 8.78 Å². The number of hydrogen-bond donors (Lipinski definition) is 1. The molecule has 0 aliphatic rings. The van der Waals surface area contributed by atoms with Crippen LogP contribution < -0.4 is 5.73 Å². The van der Waals surface area contributed by atoms with Crippen LogP contribution in [0.3, 0.4) is 0 Å². The molecule has 0 bridgehead atoms. The molecule has 0 amide bonds. The number of rotatable bonds is 3. The third-order valence-corrected chi connectivity index (χ3v) is 2.10. The van der Waals surface area contributed by atoms with Crippen LogP contribution in [0.1, 0.15) is 5.56 Å². The minimum absolute atomic E-state index is 0.0977. The summed E-state index contributed by atoms with van der Waals surface area (Å²) in [5, 5.41) is 3.96. The van der Waals surface area contributed by atoms with Gasteiger partial charge in [0.05, 0.1) is 12.2 Å². The van der Waals surface area contributed by atoms with Crippen molar-refractivity contribution in [1.29, 1.82) is 0 Å². The Labute approximate surface area is 84.7 Å². The smallest absolute Gasteiger partial charge is 0.253 e. The number of alkyl halides is 2. The summed E-state index contributed by atoms with van der Waals surface area (Å²) in [4.78, 5) is 4.05. The van der Waals surface area contributed by atoms with E-state index in [1.54, 1.807) is 24.7 Å². The summed E-state index contributed by atoms with van der Waals surface area (Å²) in [6, 6.07) is 0.580. The Morgan fingerprint density at radius 3 is 3.00 bits per heavy atom. The molecule has 1 atom stereocenters. The summed E-state index contributed by atoms with van der Waals surface area (Å²) in [6.45, 7) is 0. The number of nitrogens with two attached hydrogens (primary N) is 1. The van der Waals surface area contributed by atoms with Crippen LogP contribution >= 0.6 is 0 Å². The van der Waals surface area contributed by atoms with Gasteiger partial charge >= 0.3 is 0 Å². The molecule has 2 rings (SSSR count). The minimum atomic E-state index is -2.52. The molecule has 4 nitrogen and oxygen atoms in total.